The average molecular weight is 371 g/mol. The molecule has 3 rings (SSSR count). The molecule has 1 heterocycles. The monoisotopic (exact) mass is 371 g/mol. The van der Waals surface area contributed by atoms with Crippen molar-refractivity contribution in [3.8, 4) is 29.1 Å². The van der Waals surface area contributed by atoms with Gasteiger partial charge in [-0.1, -0.05) is 12.1 Å². The summed E-state index contributed by atoms with van der Waals surface area (Å²) in [6.45, 7) is 0.464. The molecule has 0 aliphatic carbocycles. The first-order valence-electron chi connectivity index (χ1n) is 8.29. The number of nitriles is 2. The molecule has 0 saturated carbocycles. The number of anilines is 3. The van der Waals surface area contributed by atoms with Gasteiger partial charge in [0, 0.05) is 12.1 Å². The van der Waals surface area contributed by atoms with Crippen molar-refractivity contribution in [3.05, 3.63) is 59.2 Å². The Hall–Kier alpha value is -4.30. The lowest BCUT2D eigenvalue weighted by molar-refractivity contribution is 0.414. The van der Waals surface area contributed by atoms with E-state index in [0.29, 0.717) is 34.7 Å². The van der Waals surface area contributed by atoms with Gasteiger partial charge in [0.25, 0.3) is 0 Å². The number of nitrogens with one attached hydrogen (secondary N) is 1. The molecule has 0 fully saturated rings. The van der Waals surface area contributed by atoms with Gasteiger partial charge in [0.2, 0.25) is 5.95 Å². The van der Waals surface area contributed by atoms with E-state index >= 15 is 0 Å². The largest absolute Gasteiger partial charge is 0.497 e. The third-order valence-electron chi connectivity index (χ3n) is 4.05. The number of nitrogens with two attached hydrogens (primary N) is 2. The van der Waals surface area contributed by atoms with E-state index in [2.05, 4.69) is 15.3 Å². The van der Waals surface area contributed by atoms with Gasteiger partial charge in [-0.3, -0.25) is 0 Å². The van der Waals surface area contributed by atoms with Gasteiger partial charge in [0.05, 0.1) is 30.4 Å². The highest BCUT2D eigenvalue weighted by Gasteiger charge is 2.14. The molecule has 138 valence electrons. The van der Waals surface area contributed by atoms with Crippen LogP contribution >= 0.6 is 0 Å². The summed E-state index contributed by atoms with van der Waals surface area (Å²) in [5, 5.41) is 21.5. The van der Waals surface area contributed by atoms with Crippen LogP contribution in [0.1, 0.15) is 16.7 Å². The Morgan fingerprint density at radius 1 is 1.00 bits per heavy atom. The van der Waals surface area contributed by atoms with Crippen LogP contribution in [0.3, 0.4) is 0 Å². The number of benzene rings is 2. The molecule has 0 aliphatic rings. The second-order valence-electron chi connectivity index (χ2n) is 5.92. The van der Waals surface area contributed by atoms with Crippen LogP contribution in [0.25, 0.3) is 11.3 Å². The topological polar surface area (TPSA) is 147 Å². The lowest BCUT2D eigenvalue weighted by Gasteiger charge is -2.13. The second kappa shape index (κ2) is 7.94. The van der Waals surface area contributed by atoms with Crippen LogP contribution in [-0.4, -0.2) is 17.1 Å². The predicted octanol–water partition coefficient (Wildman–Crippen LogP) is 2.67. The third kappa shape index (κ3) is 3.92. The zero-order valence-electron chi connectivity index (χ0n) is 15.1. The van der Waals surface area contributed by atoms with Gasteiger partial charge in [-0.05, 0) is 35.9 Å². The maximum absolute atomic E-state index is 9.19. The first-order chi connectivity index (χ1) is 13.5. The molecule has 0 bridgehead atoms. The molecule has 0 saturated heterocycles. The zero-order chi connectivity index (χ0) is 20.1. The normalized spacial score (nSPS) is 9.96. The SMILES string of the molecule is COc1ccc(CNc2nc(N)nc(-c3cc(C#N)cc(C#N)c3)c2N)cc1. The van der Waals surface area contributed by atoms with Crippen LogP contribution in [-0.2, 0) is 6.54 Å². The minimum absolute atomic E-state index is 0.0299. The van der Waals surface area contributed by atoms with E-state index in [1.807, 2.05) is 36.4 Å². The first kappa shape index (κ1) is 18.5. The van der Waals surface area contributed by atoms with E-state index in [-0.39, 0.29) is 11.6 Å². The summed E-state index contributed by atoms with van der Waals surface area (Å²) in [5.74, 6) is 1.17. The van der Waals surface area contributed by atoms with Gasteiger partial charge in [0.15, 0.2) is 5.82 Å². The Morgan fingerprint density at radius 3 is 2.21 bits per heavy atom. The van der Waals surface area contributed by atoms with E-state index < -0.39 is 0 Å². The highest BCUT2D eigenvalue weighted by atomic mass is 16.5. The molecule has 0 atom stereocenters. The molecule has 8 nitrogen and oxygen atoms in total. The minimum atomic E-state index is 0.0299. The summed E-state index contributed by atoms with van der Waals surface area (Å²) < 4.78 is 5.15. The number of nitrogen functional groups attached to an aromatic ring is 2. The van der Waals surface area contributed by atoms with Crippen molar-refractivity contribution in [1.29, 1.82) is 10.5 Å². The predicted molar refractivity (Wildman–Crippen MR) is 106 cm³/mol. The van der Waals surface area contributed by atoms with Crippen LogP contribution < -0.4 is 21.5 Å². The fourth-order valence-corrected chi connectivity index (χ4v) is 2.66. The quantitative estimate of drug-likeness (QED) is 0.620. The zero-order valence-corrected chi connectivity index (χ0v) is 15.1. The lowest BCUT2D eigenvalue weighted by atomic mass is 10.0. The maximum atomic E-state index is 9.19. The Labute approximate surface area is 162 Å². The standard InChI is InChI=1S/C20H17N7O/c1-28-16-4-2-12(3-5-16)11-25-19-17(23)18(26-20(24)27-19)15-7-13(9-21)6-14(8-15)10-22/h2-8H,11,23H2,1H3,(H3,24,25,26,27). The number of methoxy groups -OCH3 is 1. The third-order valence-corrected chi connectivity index (χ3v) is 4.05. The molecule has 28 heavy (non-hydrogen) atoms. The van der Waals surface area contributed by atoms with Gasteiger partial charge in [-0.15, -0.1) is 0 Å². The molecular formula is C20H17N7O. The van der Waals surface area contributed by atoms with Crippen LogP contribution in [0, 0.1) is 22.7 Å². The van der Waals surface area contributed by atoms with E-state index in [0.717, 1.165) is 11.3 Å². The molecule has 1 aromatic heterocycles. The fourth-order valence-electron chi connectivity index (χ4n) is 2.66. The molecule has 0 radical (unpaired) electrons. The summed E-state index contributed by atoms with van der Waals surface area (Å²) in [5.41, 5.74) is 14.9. The second-order valence-corrected chi connectivity index (χ2v) is 5.92. The Kier molecular flexibility index (Phi) is 5.24. The van der Waals surface area contributed by atoms with E-state index in [4.69, 9.17) is 16.2 Å². The highest BCUT2D eigenvalue weighted by molar-refractivity contribution is 5.82. The summed E-state index contributed by atoms with van der Waals surface area (Å²) >= 11 is 0. The van der Waals surface area contributed by atoms with Crippen molar-refractivity contribution in [1.82, 2.24) is 9.97 Å². The maximum Gasteiger partial charge on any atom is 0.222 e. The Morgan fingerprint density at radius 2 is 1.64 bits per heavy atom. The number of aromatic nitrogens is 2. The highest BCUT2D eigenvalue weighted by Crippen LogP contribution is 2.31. The summed E-state index contributed by atoms with van der Waals surface area (Å²) in [6, 6.07) is 16.3. The van der Waals surface area contributed by atoms with Crippen molar-refractivity contribution >= 4 is 17.5 Å². The minimum Gasteiger partial charge on any atom is -0.497 e. The summed E-state index contributed by atoms with van der Waals surface area (Å²) in [6.07, 6.45) is 0. The number of rotatable bonds is 5. The van der Waals surface area contributed by atoms with Gasteiger partial charge in [0.1, 0.15) is 17.1 Å². The van der Waals surface area contributed by atoms with Gasteiger partial charge in [-0.2, -0.15) is 15.5 Å². The Balaban J connectivity index is 1.94. The first-order valence-corrected chi connectivity index (χ1v) is 8.29. The van der Waals surface area contributed by atoms with Crippen molar-refractivity contribution in [2.24, 2.45) is 0 Å². The van der Waals surface area contributed by atoms with Crippen LogP contribution in [0.5, 0.6) is 5.75 Å². The molecule has 3 aromatic rings. The molecular weight excluding hydrogens is 354 g/mol. The van der Waals surface area contributed by atoms with Crippen LogP contribution in [0.2, 0.25) is 0 Å². The number of hydrogen-bond donors (Lipinski definition) is 3. The number of ether oxygens (including phenoxy) is 1. The summed E-state index contributed by atoms with van der Waals surface area (Å²) in [4.78, 5) is 8.37. The van der Waals surface area contributed by atoms with Crippen molar-refractivity contribution < 1.29 is 4.74 Å². The van der Waals surface area contributed by atoms with Crippen LogP contribution in [0.4, 0.5) is 17.5 Å². The van der Waals surface area contributed by atoms with Crippen molar-refractivity contribution in [3.63, 3.8) is 0 Å². The van der Waals surface area contributed by atoms with Gasteiger partial charge < -0.3 is 21.5 Å². The fraction of sp³-hybridized carbons (Fsp3) is 0.100. The van der Waals surface area contributed by atoms with Crippen molar-refractivity contribution in [2.75, 3.05) is 23.9 Å². The van der Waals surface area contributed by atoms with E-state index in [9.17, 15) is 10.5 Å². The smallest absolute Gasteiger partial charge is 0.222 e. The lowest BCUT2D eigenvalue weighted by Crippen LogP contribution is -2.09. The molecule has 0 aliphatic heterocycles. The molecule has 2 aromatic carbocycles. The van der Waals surface area contributed by atoms with E-state index in [1.54, 1.807) is 19.2 Å². The number of hydrogen-bond acceptors (Lipinski definition) is 8. The Bertz CT molecular complexity index is 1060. The van der Waals surface area contributed by atoms with Crippen LogP contribution in [0.15, 0.2) is 42.5 Å². The average Bonchev–Trinajstić information content (AvgIpc) is 2.73. The molecule has 0 amide bonds. The summed E-state index contributed by atoms with van der Waals surface area (Å²) in [7, 11) is 1.61. The molecule has 0 spiro atoms. The number of nitrogens with zero attached hydrogens (tertiary/aromatic N) is 4. The molecule has 0 unspecified atom stereocenters. The van der Waals surface area contributed by atoms with Gasteiger partial charge >= 0.3 is 0 Å². The van der Waals surface area contributed by atoms with Gasteiger partial charge in [-0.25, -0.2) is 4.98 Å². The van der Waals surface area contributed by atoms with Crippen molar-refractivity contribution in [2.45, 2.75) is 6.54 Å². The molecule has 5 N–H and O–H groups in total. The molecule has 8 heteroatoms. The van der Waals surface area contributed by atoms with E-state index in [1.165, 1.54) is 6.07 Å².